The van der Waals surface area contributed by atoms with Gasteiger partial charge in [-0.05, 0) is 78.8 Å². The highest BCUT2D eigenvalue weighted by molar-refractivity contribution is 7.91. The molecule has 1 N–H and O–H groups in total. The van der Waals surface area contributed by atoms with Crippen molar-refractivity contribution in [2.45, 2.75) is 31.4 Å². The van der Waals surface area contributed by atoms with Crippen LogP contribution in [0.15, 0.2) is 66.7 Å². The molecule has 0 unspecified atom stereocenters. The lowest BCUT2D eigenvalue weighted by Gasteiger charge is -2.32. The van der Waals surface area contributed by atoms with Crippen molar-refractivity contribution in [1.82, 2.24) is 4.90 Å². The largest absolute Gasteiger partial charge is 0.339 e. The number of aryl methyl sites for hydroxylation is 1. The summed E-state index contributed by atoms with van der Waals surface area (Å²) in [6.45, 7) is 3.01. The molecule has 0 atom stereocenters. The number of nitrogens with zero attached hydrogens (tertiary/aromatic N) is 2. The smallest absolute Gasteiger partial charge is 0.254 e. The van der Waals surface area contributed by atoms with Crippen LogP contribution in [0.3, 0.4) is 0 Å². The van der Waals surface area contributed by atoms with Gasteiger partial charge >= 0.3 is 0 Å². The Balaban J connectivity index is 1.42. The Kier molecular flexibility index (Phi) is 7.17. The first kappa shape index (κ1) is 24.4. The average molecular weight is 492 g/mol. The molecule has 6 nitrogen and oxygen atoms in total. The van der Waals surface area contributed by atoms with Crippen LogP contribution in [-0.4, -0.2) is 32.3 Å². The minimum atomic E-state index is -3.79. The van der Waals surface area contributed by atoms with Gasteiger partial charge in [-0.3, -0.25) is 9.52 Å². The summed E-state index contributed by atoms with van der Waals surface area (Å²) in [5, 5.41) is 8.98. The first-order valence-electron chi connectivity index (χ1n) is 11.4. The normalized spacial score (nSPS) is 14.4. The molecule has 0 aliphatic carbocycles. The summed E-state index contributed by atoms with van der Waals surface area (Å²) in [5.41, 5.74) is 3.64. The Hall–Kier alpha value is -3.70. The minimum absolute atomic E-state index is 0.132. The molecule has 0 bridgehead atoms. The van der Waals surface area contributed by atoms with Gasteiger partial charge in [0, 0.05) is 24.3 Å². The summed E-state index contributed by atoms with van der Waals surface area (Å²) in [6.07, 6.45) is 1.63. The Bertz CT molecular complexity index is 1370. The number of carbonyl (C=O) groups is 1. The van der Waals surface area contributed by atoms with E-state index in [1.807, 2.05) is 31.2 Å². The molecule has 0 spiro atoms. The van der Waals surface area contributed by atoms with E-state index in [9.17, 15) is 17.6 Å². The maximum atomic E-state index is 13.4. The number of carbonyl (C=O) groups excluding carboxylic acids is 1. The fourth-order valence-corrected chi connectivity index (χ4v) is 5.57. The van der Waals surface area contributed by atoms with Gasteiger partial charge in [0.05, 0.1) is 17.4 Å². The van der Waals surface area contributed by atoms with Crippen molar-refractivity contribution in [2.75, 3.05) is 17.8 Å². The molecular weight excluding hydrogens is 465 g/mol. The molecule has 8 heteroatoms. The molecule has 1 aliphatic rings. The SMILES string of the molecule is Cc1ccc(NS(=O)(=O)Cc2cccc(F)c2)cc1C(=O)N1CCC(c2ccc(C#N)cc2)CC1. The van der Waals surface area contributed by atoms with E-state index in [2.05, 4.69) is 10.8 Å². The third-order valence-electron chi connectivity index (χ3n) is 6.28. The minimum Gasteiger partial charge on any atom is -0.339 e. The van der Waals surface area contributed by atoms with E-state index in [-0.39, 0.29) is 11.7 Å². The van der Waals surface area contributed by atoms with Gasteiger partial charge in [-0.1, -0.05) is 30.3 Å². The number of sulfonamides is 1. The van der Waals surface area contributed by atoms with Crippen LogP contribution in [0.1, 0.15) is 51.4 Å². The molecule has 4 rings (SSSR count). The Labute approximate surface area is 205 Å². The zero-order valence-electron chi connectivity index (χ0n) is 19.4. The number of piperidine rings is 1. The summed E-state index contributed by atoms with van der Waals surface area (Å²) >= 11 is 0. The molecule has 1 amide bonds. The summed E-state index contributed by atoms with van der Waals surface area (Å²) in [6, 6.07) is 20.1. The molecule has 1 aliphatic heterocycles. The monoisotopic (exact) mass is 491 g/mol. The number of nitriles is 1. The average Bonchev–Trinajstić information content (AvgIpc) is 2.84. The maximum Gasteiger partial charge on any atom is 0.254 e. The summed E-state index contributed by atoms with van der Waals surface area (Å²) in [5.74, 6) is -0.671. The molecule has 0 saturated carbocycles. The van der Waals surface area contributed by atoms with Gasteiger partial charge in [-0.2, -0.15) is 5.26 Å². The van der Waals surface area contributed by atoms with Gasteiger partial charge in [0.1, 0.15) is 5.82 Å². The molecule has 3 aromatic rings. The quantitative estimate of drug-likeness (QED) is 0.527. The lowest BCUT2D eigenvalue weighted by atomic mass is 9.88. The number of hydrogen-bond donors (Lipinski definition) is 1. The second-order valence-corrected chi connectivity index (χ2v) is 10.5. The Morgan fingerprint density at radius 1 is 1.09 bits per heavy atom. The van der Waals surface area contributed by atoms with Crippen LogP contribution in [0.4, 0.5) is 10.1 Å². The number of halogens is 1. The highest BCUT2D eigenvalue weighted by Crippen LogP contribution is 2.29. The molecular formula is C27H26FN3O3S. The van der Waals surface area contributed by atoms with Gasteiger partial charge in [0.15, 0.2) is 0 Å². The number of benzene rings is 3. The summed E-state index contributed by atoms with van der Waals surface area (Å²) < 4.78 is 41.1. The molecule has 0 aromatic heterocycles. The molecule has 3 aromatic carbocycles. The molecule has 1 heterocycles. The Morgan fingerprint density at radius 2 is 1.80 bits per heavy atom. The predicted octanol–water partition coefficient (Wildman–Crippen LogP) is 4.97. The third-order valence-corrected chi connectivity index (χ3v) is 7.54. The number of nitrogens with one attached hydrogen (secondary N) is 1. The van der Waals surface area contributed by atoms with Gasteiger partial charge in [-0.25, -0.2) is 12.8 Å². The first-order valence-corrected chi connectivity index (χ1v) is 13.0. The predicted molar refractivity (Wildman–Crippen MR) is 133 cm³/mol. The third kappa shape index (κ3) is 6.06. The van der Waals surface area contributed by atoms with Crippen LogP contribution < -0.4 is 4.72 Å². The van der Waals surface area contributed by atoms with Crippen LogP contribution in [0, 0.1) is 24.1 Å². The fourth-order valence-electron chi connectivity index (χ4n) is 4.39. The van der Waals surface area contributed by atoms with Crippen LogP contribution >= 0.6 is 0 Å². The molecule has 0 radical (unpaired) electrons. The molecule has 1 fully saturated rings. The van der Waals surface area contributed by atoms with E-state index in [0.29, 0.717) is 41.4 Å². The van der Waals surface area contributed by atoms with Crippen molar-refractivity contribution in [3.63, 3.8) is 0 Å². The second kappa shape index (κ2) is 10.3. The number of rotatable bonds is 6. The van der Waals surface area contributed by atoms with Crippen molar-refractivity contribution in [3.05, 3.63) is 100 Å². The lowest BCUT2D eigenvalue weighted by molar-refractivity contribution is 0.0712. The van der Waals surface area contributed by atoms with Crippen molar-refractivity contribution in [2.24, 2.45) is 0 Å². The van der Waals surface area contributed by atoms with E-state index in [0.717, 1.165) is 18.4 Å². The van der Waals surface area contributed by atoms with E-state index < -0.39 is 15.8 Å². The number of likely N-dealkylation sites (tertiary alicyclic amines) is 1. The fraction of sp³-hybridized carbons (Fsp3) is 0.259. The van der Waals surface area contributed by atoms with Crippen LogP contribution in [0.25, 0.3) is 0 Å². The highest BCUT2D eigenvalue weighted by Gasteiger charge is 2.26. The van der Waals surface area contributed by atoms with E-state index in [1.54, 1.807) is 29.2 Å². The number of amides is 1. The van der Waals surface area contributed by atoms with E-state index >= 15 is 0 Å². The maximum absolute atomic E-state index is 13.4. The van der Waals surface area contributed by atoms with E-state index in [1.165, 1.54) is 23.8 Å². The molecule has 35 heavy (non-hydrogen) atoms. The molecule has 180 valence electrons. The van der Waals surface area contributed by atoms with Gasteiger partial charge < -0.3 is 4.90 Å². The van der Waals surface area contributed by atoms with Gasteiger partial charge in [-0.15, -0.1) is 0 Å². The lowest BCUT2D eigenvalue weighted by Crippen LogP contribution is -2.38. The number of hydrogen-bond acceptors (Lipinski definition) is 4. The topological polar surface area (TPSA) is 90.3 Å². The van der Waals surface area contributed by atoms with Crippen molar-refractivity contribution >= 4 is 21.6 Å². The van der Waals surface area contributed by atoms with Crippen molar-refractivity contribution in [3.8, 4) is 6.07 Å². The van der Waals surface area contributed by atoms with Crippen molar-refractivity contribution in [1.29, 1.82) is 5.26 Å². The standard InChI is InChI=1S/C27H26FN3O3S/c1-19-5-10-25(30-35(33,34)18-21-3-2-4-24(28)15-21)16-26(19)27(32)31-13-11-23(12-14-31)22-8-6-20(17-29)7-9-22/h2-10,15-16,23,30H,11-14,18H2,1H3. The summed E-state index contributed by atoms with van der Waals surface area (Å²) in [4.78, 5) is 15.1. The van der Waals surface area contributed by atoms with Gasteiger partial charge in [0.2, 0.25) is 10.0 Å². The first-order chi connectivity index (χ1) is 16.7. The zero-order valence-corrected chi connectivity index (χ0v) is 20.2. The van der Waals surface area contributed by atoms with Crippen LogP contribution in [0.2, 0.25) is 0 Å². The second-order valence-electron chi connectivity index (χ2n) is 8.82. The summed E-state index contributed by atoms with van der Waals surface area (Å²) in [7, 11) is -3.79. The Morgan fingerprint density at radius 3 is 2.46 bits per heavy atom. The van der Waals surface area contributed by atoms with Crippen LogP contribution in [-0.2, 0) is 15.8 Å². The number of anilines is 1. The van der Waals surface area contributed by atoms with Crippen molar-refractivity contribution < 1.29 is 17.6 Å². The zero-order chi connectivity index (χ0) is 25.0. The van der Waals surface area contributed by atoms with Crippen LogP contribution in [0.5, 0.6) is 0 Å². The van der Waals surface area contributed by atoms with E-state index in [4.69, 9.17) is 5.26 Å². The highest BCUT2D eigenvalue weighted by atomic mass is 32.2. The van der Waals surface area contributed by atoms with Gasteiger partial charge in [0.25, 0.3) is 5.91 Å². The molecule has 1 saturated heterocycles.